The van der Waals surface area contributed by atoms with Crippen LogP contribution >= 0.6 is 0 Å². The molecule has 29 heavy (non-hydrogen) atoms. The average molecular weight is 393 g/mol. The number of phenols is 1. The molecule has 4 rings (SSSR count). The fourth-order valence-corrected chi connectivity index (χ4v) is 3.75. The van der Waals surface area contributed by atoms with Crippen molar-refractivity contribution in [2.45, 2.75) is 32.3 Å². The van der Waals surface area contributed by atoms with Gasteiger partial charge in [0.1, 0.15) is 35.4 Å². The van der Waals surface area contributed by atoms with Crippen LogP contribution in [-0.4, -0.2) is 10.8 Å². The zero-order chi connectivity index (χ0) is 20.4. The van der Waals surface area contributed by atoms with Crippen molar-refractivity contribution >= 4 is 11.4 Å². The molecule has 0 aliphatic carbocycles. The van der Waals surface area contributed by atoms with E-state index in [9.17, 15) is 13.9 Å². The van der Waals surface area contributed by atoms with E-state index in [-0.39, 0.29) is 23.8 Å². The van der Waals surface area contributed by atoms with Gasteiger partial charge in [0, 0.05) is 11.6 Å². The molecule has 5 heteroatoms. The van der Waals surface area contributed by atoms with E-state index in [1.165, 1.54) is 18.2 Å². The minimum atomic E-state index is -0.629. The van der Waals surface area contributed by atoms with Crippen LogP contribution in [0.15, 0.2) is 65.7 Å². The molecule has 0 spiro atoms. The predicted octanol–water partition coefficient (Wildman–Crippen LogP) is 6.07. The smallest absolute Gasteiger partial charge is 0.145 e. The van der Waals surface area contributed by atoms with E-state index >= 15 is 0 Å². The first kappa shape index (κ1) is 19.1. The number of nitrogens with zero attached hydrogens (tertiary/aromatic N) is 1. The van der Waals surface area contributed by atoms with Crippen LogP contribution in [0, 0.1) is 11.6 Å². The van der Waals surface area contributed by atoms with E-state index in [0.717, 1.165) is 29.7 Å². The highest BCUT2D eigenvalue weighted by atomic mass is 19.1. The van der Waals surface area contributed by atoms with Crippen molar-refractivity contribution in [3.8, 4) is 11.5 Å². The van der Waals surface area contributed by atoms with Crippen LogP contribution in [-0.2, 0) is 13.0 Å². The summed E-state index contributed by atoms with van der Waals surface area (Å²) in [5, 5.41) is 9.82. The number of para-hydroxylation sites is 1. The molecule has 3 nitrogen and oxygen atoms in total. The number of rotatable bonds is 4. The quantitative estimate of drug-likeness (QED) is 0.584. The zero-order valence-electron chi connectivity index (χ0n) is 16.0. The Morgan fingerprint density at radius 3 is 2.52 bits per heavy atom. The Morgan fingerprint density at radius 1 is 1.03 bits per heavy atom. The first-order valence-electron chi connectivity index (χ1n) is 9.54. The molecule has 148 valence electrons. The lowest BCUT2D eigenvalue weighted by molar-refractivity contribution is 0.293. The molecule has 3 aromatic rings. The van der Waals surface area contributed by atoms with E-state index in [2.05, 4.69) is 0 Å². The molecule has 3 aromatic carbocycles. The van der Waals surface area contributed by atoms with Gasteiger partial charge in [0.15, 0.2) is 0 Å². The molecule has 0 radical (unpaired) electrons. The summed E-state index contributed by atoms with van der Waals surface area (Å²) in [4.78, 5) is 4.81. The van der Waals surface area contributed by atoms with Gasteiger partial charge in [0.25, 0.3) is 0 Å². The number of phenolic OH excluding ortho intramolecular Hbond substituents is 1. The van der Waals surface area contributed by atoms with Gasteiger partial charge < -0.3 is 9.84 Å². The summed E-state index contributed by atoms with van der Waals surface area (Å²) in [5.74, 6) is -0.452. The fraction of sp³-hybridized carbons (Fsp3) is 0.208. The van der Waals surface area contributed by atoms with Gasteiger partial charge in [-0.05, 0) is 61.2 Å². The number of fused-ring (bicyclic) bond motifs is 1. The molecular weight excluding hydrogens is 372 g/mol. The van der Waals surface area contributed by atoms with Crippen molar-refractivity contribution in [3.05, 3.63) is 89.0 Å². The molecule has 1 heterocycles. The Morgan fingerprint density at radius 2 is 1.76 bits per heavy atom. The maximum Gasteiger partial charge on any atom is 0.145 e. The highest BCUT2D eigenvalue weighted by Crippen LogP contribution is 2.39. The van der Waals surface area contributed by atoms with Crippen LogP contribution in [0.3, 0.4) is 0 Å². The zero-order valence-corrected chi connectivity index (χ0v) is 16.0. The minimum Gasteiger partial charge on any atom is -0.508 e. The number of aliphatic imine (C=N–C) groups is 1. The van der Waals surface area contributed by atoms with E-state index in [4.69, 9.17) is 9.73 Å². The number of aromatic hydroxyl groups is 1. The summed E-state index contributed by atoms with van der Waals surface area (Å²) in [6.07, 6.45) is 1.62. The Kier molecular flexibility index (Phi) is 5.30. The molecule has 0 fully saturated rings. The van der Waals surface area contributed by atoms with Crippen molar-refractivity contribution < 1.29 is 18.6 Å². The Labute approximate surface area is 168 Å². The molecule has 0 saturated heterocycles. The fourth-order valence-electron chi connectivity index (χ4n) is 3.75. The molecule has 0 amide bonds. The van der Waals surface area contributed by atoms with Gasteiger partial charge in [0.05, 0.1) is 5.56 Å². The van der Waals surface area contributed by atoms with Crippen LogP contribution in [0.5, 0.6) is 11.5 Å². The topological polar surface area (TPSA) is 41.8 Å². The second-order valence-corrected chi connectivity index (χ2v) is 7.19. The highest BCUT2D eigenvalue weighted by molar-refractivity contribution is 5.92. The van der Waals surface area contributed by atoms with E-state index in [1.54, 1.807) is 18.2 Å². The Balaban J connectivity index is 1.64. The summed E-state index contributed by atoms with van der Waals surface area (Å²) in [6.45, 7) is 1.75. The molecule has 0 saturated carbocycles. The normalized spacial score (nSPS) is 16.0. The maximum atomic E-state index is 13.9. The van der Waals surface area contributed by atoms with E-state index < -0.39 is 11.6 Å². The van der Waals surface area contributed by atoms with Crippen LogP contribution in [0.1, 0.15) is 36.0 Å². The largest absolute Gasteiger partial charge is 0.508 e. The summed E-state index contributed by atoms with van der Waals surface area (Å²) < 4.78 is 33.6. The minimum absolute atomic E-state index is 0.0753. The standard InChI is InChI=1S/C24H21F2NO2/c1-15-19(17-6-2-7-18(28)13-17)12-11-16-5-3-10-23(24(16)27-15)29-14-20-21(25)8-4-9-22(20)26/h2-10,13,19,28H,11-12,14H2,1H3. The highest BCUT2D eigenvalue weighted by Gasteiger charge is 2.22. The summed E-state index contributed by atoms with van der Waals surface area (Å²) in [7, 11) is 0. The van der Waals surface area contributed by atoms with Gasteiger partial charge in [-0.25, -0.2) is 8.78 Å². The number of hydrogen-bond acceptors (Lipinski definition) is 3. The third-order valence-electron chi connectivity index (χ3n) is 5.28. The van der Waals surface area contributed by atoms with Crippen LogP contribution in [0.2, 0.25) is 0 Å². The van der Waals surface area contributed by atoms with E-state index in [0.29, 0.717) is 11.4 Å². The molecule has 1 aliphatic heterocycles. The number of hydrogen-bond donors (Lipinski definition) is 1. The number of ether oxygens (including phenoxy) is 1. The lowest BCUT2D eigenvalue weighted by atomic mass is 9.89. The molecule has 1 unspecified atom stereocenters. The number of aryl methyl sites for hydroxylation is 1. The summed E-state index contributed by atoms with van der Waals surface area (Å²) in [5.41, 5.74) is 3.54. The van der Waals surface area contributed by atoms with Gasteiger partial charge in [-0.2, -0.15) is 0 Å². The molecule has 0 bridgehead atoms. The van der Waals surface area contributed by atoms with E-state index in [1.807, 2.05) is 31.2 Å². The monoisotopic (exact) mass is 393 g/mol. The van der Waals surface area contributed by atoms with Crippen molar-refractivity contribution in [2.24, 2.45) is 4.99 Å². The summed E-state index contributed by atoms with van der Waals surface area (Å²) in [6, 6.07) is 16.6. The molecule has 1 atom stereocenters. The SMILES string of the molecule is CC1=Nc2c(cccc2OCc2c(F)cccc2F)CCC1c1cccc(O)c1. The van der Waals surface area contributed by atoms with Crippen molar-refractivity contribution in [2.75, 3.05) is 0 Å². The van der Waals surface area contributed by atoms with Gasteiger partial charge in [-0.3, -0.25) is 4.99 Å². The maximum absolute atomic E-state index is 13.9. The lowest BCUT2D eigenvalue weighted by Gasteiger charge is -2.15. The van der Waals surface area contributed by atoms with Gasteiger partial charge in [0.2, 0.25) is 0 Å². The molecule has 1 aliphatic rings. The number of benzene rings is 3. The van der Waals surface area contributed by atoms with Crippen LogP contribution in [0.25, 0.3) is 0 Å². The van der Waals surface area contributed by atoms with Gasteiger partial charge in [-0.15, -0.1) is 0 Å². The van der Waals surface area contributed by atoms with Crippen LogP contribution in [0.4, 0.5) is 14.5 Å². The Bertz CT molecular complexity index is 1060. The van der Waals surface area contributed by atoms with Crippen LogP contribution < -0.4 is 4.74 Å². The van der Waals surface area contributed by atoms with Gasteiger partial charge in [-0.1, -0.05) is 30.3 Å². The van der Waals surface area contributed by atoms with Crippen molar-refractivity contribution in [1.29, 1.82) is 0 Å². The number of halogens is 2. The third kappa shape index (κ3) is 3.99. The molecule has 0 aromatic heterocycles. The third-order valence-corrected chi connectivity index (χ3v) is 5.28. The summed E-state index contributed by atoms with van der Waals surface area (Å²) >= 11 is 0. The van der Waals surface area contributed by atoms with Crippen molar-refractivity contribution in [3.63, 3.8) is 0 Å². The first-order chi connectivity index (χ1) is 14.0. The average Bonchev–Trinajstić information content (AvgIpc) is 2.86. The second-order valence-electron chi connectivity index (χ2n) is 7.19. The van der Waals surface area contributed by atoms with Gasteiger partial charge >= 0.3 is 0 Å². The van der Waals surface area contributed by atoms with Crippen molar-refractivity contribution in [1.82, 2.24) is 0 Å². The Hall–Kier alpha value is -3.21. The lowest BCUT2D eigenvalue weighted by Crippen LogP contribution is -2.08. The molecule has 1 N–H and O–H groups in total. The second kappa shape index (κ2) is 8.03. The molecular formula is C24H21F2NO2. The predicted molar refractivity (Wildman–Crippen MR) is 109 cm³/mol. The first-order valence-corrected chi connectivity index (χ1v) is 9.54.